The Labute approximate surface area is 129 Å². The summed E-state index contributed by atoms with van der Waals surface area (Å²) in [5, 5.41) is 12.2. The van der Waals surface area contributed by atoms with Gasteiger partial charge in [0.2, 0.25) is 0 Å². The van der Waals surface area contributed by atoms with Gasteiger partial charge in [0.05, 0.1) is 0 Å². The van der Waals surface area contributed by atoms with Crippen LogP contribution in [0.3, 0.4) is 0 Å². The van der Waals surface area contributed by atoms with Crippen LogP contribution in [0.2, 0.25) is 0 Å². The van der Waals surface area contributed by atoms with Crippen molar-refractivity contribution in [3.8, 4) is 0 Å². The Balaban J connectivity index is 1.94. The van der Waals surface area contributed by atoms with Crippen molar-refractivity contribution in [3.05, 3.63) is 0 Å². The van der Waals surface area contributed by atoms with Gasteiger partial charge in [0, 0.05) is 18.6 Å². The molecular formula is C17H32N2O2. The molecule has 1 unspecified atom stereocenters. The molecule has 4 heteroatoms. The number of nitrogens with zero attached hydrogens (tertiary/aromatic N) is 1. The van der Waals surface area contributed by atoms with Crippen LogP contribution in [-0.2, 0) is 4.79 Å². The van der Waals surface area contributed by atoms with E-state index in [2.05, 4.69) is 10.2 Å². The van der Waals surface area contributed by atoms with Crippen LogP contribution in [-0.4, -0.2) is 47.7 Å². The zero-order valence-electron chi connectivity index (χ0n) is 13.5. The summed E-state index contributed by atoms with van der Waals surface area (Å²) >= 11 is 0. The third-order valence-corrected chi connectivity index (χ3v) is 5.41. The number of hydrogen-bond acceptors (Lipinski definition) is 3. The molecule has 0 aromatic carbocycles. The molecule has 122 valence electrons. The number of hydrogen-bond donors (Lipinski definition) is 2. The minimum atomic E-state index is -0.718. The molecule has 0 heterocycles. The fourth-order valence-electron chi connectivity index (χ4n) is 4.16. The number of rotatable bonds is 7. The molecule has 2 aliphatic carbocycles. The lowest BCUT2D eigenvalue weighted by Crippen LogP contribution is -2.47. The summed E-state index contributed by atoms with van der Waals surface area (Å²) in [6.45, 7) is 0.938. The summed E-state index contributed by atoms with van der Waals surface area (Å²) in [4.78, 5) is 13.9. The molecule has 0 spiro atoms. The van der Waals surface area contributed by atoms with Gasteiger partial charge in [-0.15, -0.1) is 0 Å². The lowest BCUT2D eigenvalue weighted by Gasteiger charge is -2.42. The van der Waals surface area contributed by atoms with Crippen molar-refractivity contribution in [2.75, 3.05) is 13.6 Å². The van der Waals surface area contributed by atoms with Gasteiger partial charge < -0.3 is 10.4 Å². The average molecular weight is 296 g/mol. The molecular weight excluding hydrogens is 264 g/mol. The molecule has 1 atom stereocenters. The van der Waals surface area contributed by atoms with Gasteiger partial charge in [-0.1, -0.05) is 38.5 Å². The van der Waals surface area contributed by atoms with E-state index in [4.69, 9.17) is 0 Å². The van der Waals surface area contributed by atoms with E-state index in [1.165, 1.54) is 64.2 Å². The predicted molar refractivity (Wildman–Crippen MR) is 85.6 cm³/mol. The van der Waals surface area contributed by atoms with Crippen molar-refractivity contribution in [1.29, 1.82) is 0 Å². The predicted octanol–water partition coefficient (Wildman–Crippen LogP) is 3.02. The van der Waals surface area contributed by atoms with Crippen molar-refractivity contribution in [2.45, 2.75) is 88.8 Å². The average Bonchev–Trinajstić information content (AvgIpc) is 2.53. The van der Waals surface area contributed by atoms with Gasteiger partial charge >= 0.3 is 5.97 Å². The molecule has 0 bridgehead atoms. The highest BCUT2D eigenvalue weighted by Gasteiger charge is 2.29. The summed E-state index contributed by atoms with van der Waals surface area (Å²) in [6.07, 6.45) is 14.1. The Bertz CT molecular complexity index is 292. The van der Waals surface area contributed by atoms with Crippen LogP contribution in [0.5, 0.6) is 0 Å². The first kappa shape index (κ1) is 16.8. The zero-order chi connectivity index (χ0) is 15.1. The summed E-state index contributed by atoms with van der Waals surface area (Å²) < 4.78 is 0. The Morgan fingerprint density at radius 2 is 1.52 bits per heavy atom. The minimum absolute atomic E-state index is 0.403. The van der Waals surface area contributed by atoms with Crippen LogP contribution in [0.25, 0.3) is 0 Å². The number of carboxylic acid groups (broad SMARTS) is 1. The molecule has 0 aliphatic heterocycles. The molecule has 2 N–H and O–H groups in total. The molecule has 2 aliphatic rings. The maximum Gasteiger partial charge on any atom is 0.320 e. The van der Waals surface area contributed by atoms with Crippen LogP contribution >= 0.6 is 0 Å². The molecule has 0 aromatic rings. The monoisotopic (exact) mass is 296 g/mol. The Morgan fingerprint density at radius 1 is 1.05 bits per heavy atom. The van der Waals surface area contributed by atoms with E-state index in [1.807, 2.05) is 0 Å². The van der Waals surface area contributed by atoms with Gasteiger partial charge in [-0.25, -0.2) is 0 Å². The van der Waals surface area contributed by atoms with Crippen LogP contribution < -0.4 is 5.32 Å². The second-order valence-corrected chi connectivity index (χ2v) is 6.79. The molecule has 0 aromatic heterocycles. The number of carbonyl (C=O) groups is 1. The molecule has 0 saturated heterocycles. The Kier molecular flexibility index (Phi) is 6.97. The fourth-order valence-corrected chi connectivity index (χ4v) is 4.16. The molecule has 21 heavy (non-hydrogen) atoms. The highest BCUT2D eigenvalue weighted by Crippen LogP contribution is 2.30. The van der Waals surface area contributed by atoms with Gasteiger partial charge in [0.1, 0.15) is 6.04 Å². The molecule has 2 rings (SSSR count). The topological polar surface area (TPSA) is 52.6 Å². The number of nitrogens with one attached hydrogen (secondary N) is 1. The SMILES string of the molecule is CNC(CCN(C1CCCCC1)C1CCCCC1)C(=O)O. The first-order valence-corrected chi connectivity index (χ1v) is 8.88. The quantitative estimate of drug-likeness (QED) is 0.758. The number of aliphatic carboxylic acids is 1. The minimum Gasteiger partial charge on any atom is -0.480 e. The summed E-state index contributed by atoms with van der Waals surface area (Å²) in [5.74, 6) is -0.718. The van der Waals surface area contributed by atoms with Crippen molar-refractivity contribution in [2.24, 2.45) is 0 Å². The second-order valence-electron chi connectivity index (χ2n) is 6.79. The summed E-state index contributed by atoms with van der Waals surface area (Å²) in [7, 11) is 1.75. The normalized spacial score (nSPS) is 23.3. The third-order valence-electron chi connectivity index (χ3n) is 5.41. The van der Waals surface area contributed by atoms with E-state index >= 15 is 0 Å². The van der Waals surface area contributed by atoms with Crippen LogP contribution in [0.4, 0.5) is 0 Å². The highest BCUT2D eigenvalue weighted by molar-refractivity contribution is 5.73. The van der Waals surface area contributed by atoms with Crippen molar-refractivity contribution in [3.63, 3.8) is 0 Å². The van der Waals surface area contributed by atoms with E-state index in [0.717, 1.165) is 13.0 Å². The third kappa shape index (κ3) is 4.96. The lowest BCUT2D eigenvalue weighted by molar-refractivity contribution is -0.139. The van der Waals surface area contributed by atoms with Gasteiger partial charge in [-0.05, 0) is 39.2 Å². The van der Waals surface area contributed by atoms with E-state index in [1.54, 1.807) is 7.05 Å². The van der Waals surface area contributed by atoms with Gasteiger partial charge in [0.15, 0.2) is 0 Å². The van der Waals surface area contributed by atoms with E-state index < -0.39 is 12.0 Å². The van der Waals surface area contributed by atoms with Crippen LogP contribution in [0.1, 0.15) is 70.6 Å². The van der Waals surface area contributed by atoms with Crippen molar-refractivity contribution in [1.82, 2.24) is 10.2 Å². The van der Waals surface area contributed by atoms with Gasteiger partial charge in [0.25, 0.3) is 0 Å². The fraction of sp³-hybridized carbons (Fsp3) is 0.941. The van der Waals surface area contributed by atoms with E-state index in [-0.39, 0.29) is 0 Å². The molecule has 4 nitrogen and oxygen atoms in total. The lowest BCUT2D eigenvalue weighted by atomic mass is 9.88. The van der Waals surface area contributed by atoms with Gasteiger partial charge in [-0.3, -0.25) is 9.69 Å². The van der Waals surface area contributed by atoms with Crippen molar-refractivity contribution < 1.29 is 9.90 Å². The maximum absolute atomic E-state index is 11.2. The Morgan fingerprint density at radius 3 is 1.90 bits per heavy atom. The first-order chi connectivity index (χ1) is 10.2. The highest BCUT2D eigenvalue weighted by atomic mass is 16.4. The number of likely N-dealkylation sites (N-methyl/N-ethyl adjacent to an activating group) is 1. The number of carboxylic acids is 1. The van der Waals surface area contributed by atoms with E-state index in [0.29, 0.717) is 12.1 Å². The van der Waals surface area contributed by atoms with Crippen molar-refractivity contribution >= 4 is 5.97 Å². The molecule has 0 radical (unpaired) electrons. The second kappa shape index (κ2) is 8.74. The zero-order valence-corrected chi connectivity index (χ0v) is 13.5. The summed E-state index contributed by atoms with van der Waals surface area (Å²) in [5.41, 5.74) is 0. The Hall–Kier alpha value is -0.610. The van der Waals surface area contributed by atoms with Gasteiger partial charge in [-0.2, -0.15) is 0 Å². The van der Waals surface area contributed by atoms with E-state index in [9.17, 15) is 9.90 Å². The molecule has 0 amide bonds. The summed E-state index contributed by atoms with van der Waals surface area (Å²) in [6, 6.07) is 1.00. The smallest absolute Gasteiger partial charge is 0.320 e. The first-order valence-electron chi connectivity index (χ1n) is 8.88. The van der Waals surface area contributed by atoms with Crippen LogP contribution in [0, 0.1) is 0 Å². The largest absolute Gasteiger partial charge is 0.480 e. The standard InChI is InChI=1S/C17H32N2O2/c1-18-16(17(20)21)12-13-19(14-8-4-2-5-9-14)15-10-6-3-7-11-15/h14-16,18H,2-13H2,1H3,(H,20,21). The molecule has 2 saturated carbocycles. The molecule has 2 fully saturated rings. The van der Waals surface area contributed by atoms with Crippen LogP contribution in [0.15, 0.2) is 0 Å². The maximum atomic E-state index is 11.2.